The van der Waals surface area contributed by atoms with Crippen molar-refractivity contribution in [2.24, 2.45) is 11.8 Å². The van der Waals surface area contributed by atoms with Gasteiger partial charge in [0, 0.05) is 31.2 Å². The maximum Gasteiger partial charge on any atom is 0.244 e. The fourth-order valence-electron chi connectivity index (χ4n) is 4.35. The summed E-state index contributed by atoms with van der Waals surface area (Å²) in [5.74, 6) is 0.566. The first kappa shape index (κ1) is 16.3. The van der Waals surface area contributed by atoms with Crippen molar-refractivity contribution in [3.8, 4) is 0 Å². The number of carbonyl (C=O) groups excluding carboxylic acids is 1. The molecular weight excluding hydrogens is 319 g/mol. The average Bonchev–Trinajstić information content (AvgIpc) is 3.21. The van der Waals surface area contributed by atoms with Gasteiger partial charge in [-0.15, -0.1) is 0 Å². The van der Waals surface area contributed by atoms with Gasteiger partial charge in [-0.25, -0.2) is 4.39 Å². The molecule has 2 aromatic rings. The molecule has 3 atom stereocenters. The van der Waals surface area contributed by atoms with Crippen LogP contribution in [-0.4, -0.2) is 40.2 Å². The highest BCUT2D eigenvalue weighted by Crippen LogP contribution is 2.42. The Hall–Kier alpha value is -2.21. The molecule has 1 aromatic carbocycles. The van der Waals surface area contributed by atoms with Gasteiger partial charge in [-0.05, 0) is 43.5 Å². The summed E-state index contributed by atoms with van der Waals surface area (Å²) in [6.07, 6.45) is 0. The third-order valence-electron chi connectivity index (χ3n) is 5.46. The topological polar surface area (TPSA) is 50.2 Å². The van der Waals surface area contributed by atoms with E-state index in [1.165, 1.54) is 6.07 Å². The quantitative estimate of drug-likeness (QED) is 0.929. The summed E-state index contributed by atoms with van der Waals surface area (Å²) in [5.41, 5.74) is 2.78. The van der Waals surface area contributed by atoms with E-state index >= 15 is 0 Å². The van der Waals surface area contributed by atoms with Gasteiger partial charge in [0.2, 0.25) is 5.91 Å². The van der Waals surface area contributed by atoms with Crippen LogP contribution in [0, 0.1) is 31.5 Å². The molecule has 132 valence electrons. The van der Waals surface area contributed by atoms with E-state index in [-0.39, 0.29) is 24.3 Å². The second-order valence-electron chi connectivity index (χ2n) is 7.21. The van der Waals surface area contributed by atoms with E-state index in [1.807, 2.05) is 30.9 Å². The van der Waals surface area contributed by atoms with Crippen molar-refractivity contribution >= 4 is 5.91 Å². The second kappa shape index (κ2) is 6.26. The van der Waals surface area contributed by atoms with E-state index in [0.717, 1.165) is 36.6 Å². The number of rotatable bonds is 3. The number of halogens is 1. The van der Waals surface area contributed by atoms with E-state index in [4.69, 9.17) is 0 Å². The third-order valence-corrected chi connectivity index (χ3v) is 5.46. The fourth-order valence-corrected chi connectivity index (χ4v) is 4.35. The minimum Gasteiger partial charge on any atom is -0.333 e. The van der Waals surface area contributed by atoms with Crippen molar-refractivity contribution in [1.29, 1.82) is 0 Å². The van der Waals surface area contributed by atoms with Crippen molar-refractivity contribution in [2.45, 2.75) is 26.4 Å². The van der Waals surface area contributed by atoms with Crippen LogP contribution in [0.2, 0.25) is 0 Å². The maximum atomic E-state index is 13.8. The van der Waals surface area contributed by atoms with Crippen molar-refractivity contribution in [3.05, 3.63) is 53.1 Å². The number of nitrogens with zero attached hydrogens (tertiary/aromatic N) is 3. The molecule has 5 nitrogen and oxygen atoms in total. The van der Waals surface area contributed by atoms with Gasteiger partial charge in [0.15, 0.2) is 0 Å². The van der Waals surface area contributed by atoms with Gasteiger partial charge in [0.05, 0.1) is 11.7 Å². The third kappa shape index (κ3) is 2.95. The predicted molar refractivity (Wildman–Crippen MR) is 92.4 cm³/mol. The van der Waals surface area contributed by atoms with Crippen LogP contribution >= 0.6 is 0 Å². The molecule has 0 radical (unpaired) electrons. The first-order valence-electron chi connectivity index (χ1n) is 8.79. The minimum atomic E-state index is -0.252. The lowest BCUT2D eigenvalue weighted by Crippen LogP contribution is -2.37. The molecule has 25 heavy (non-hydrogen) atoms. The van der Waals surface area contributed by atoms with Crippen molar-refractivity contribution in [3.63, 3.8) is 0 Å². The van der Waals surface area contributed by atoms with E-state index in [0.29, 0.717) is 11.8 Å². The maximum absolute atomic E-state index is 13.8. The Balaban J connectivity index is 1.62. The molecule has 1 N–H and O–H groups in total. The molecule has 2 aliphatic rings. The molecule has 0 unspecified atom stereocenters. The zero-order valence-electron chi connectivity index (χ0n) is 14.6. The molecular formula is C19H23FN4O. The van der Waals surface area contributed by atoms with Gasteiger partial charge >= 0.3 is 0 Å². The van der Waals surface area contributed by atoms with Crippen molar-refractivity contribution in [2.75, 3.05) is 19.6 Å². The number of likely N-dealkylation sites (tertiary alicyclic amines) is 1. The van der Waals surface area contributed by atoms with Crippen LogP contribution in [0.3, 0.4) is 0 Å². The number of hydrogen-bond donors (Lipinski definition) is 1. The molecule has 4 rings (SSSR count). The van der Waals surface area contributed by atoms with Crippen LogP contribution in [0.25, 0.3) is 0 Å². The van der Waals surface area contributed by atoms with Crippen molar-refractivity contribution < 1.29 is 9.18 Å². The average molecular weight is 342 g/mol. The zero-order chi connectivity index (χ0) is 17.6. The number of carbonyl (C=O) groups is 1. The predicted octanol–water partition coefficient (Wildman–Crippen LogP) is 2.06. The molecule has 0 aliphatic carbocycles. The molecule has 0 spiro atoms. The second-order valence-corrected chi connectivity index (χ2v) is 7.21. The SMILES string of the molecule is Cc1cc(C)n(CC(=O)N2C[C@@H]3CNC[C@@H]3[C@H]2c2cccc(F)c2)n1. The fraction of sp³-hybridized carbons (Fsp3) is 0.474. The summed E-state index contributed by atoms with van der Waals surface area (Å²) >= 11 is 0. The highest BCUT2D eigenvalue weighted by atomic mass is 19.1. The van der Waals surface area contributed by atoms with E-state index < -0.39 is 0 Å². The van der Waals surface area contributed by atoms with Crippen LogP contribution in [0.1, 0.15) is 23.0 Å². The number of aromatic nitrogens is 2. The van der Waals surface area contributed by atoms with Gasteiger partial charge < -0.3 is 10.2 Å². The summed E-state index contributed by atoms with van der Waals surface area (Å²) in [6.45, 7) is 6.63. The monoisotopic (exact) mass is 342 g/mol. The van der Waals surface area contributed by atoms with Crippen LogP contribution in [-0.2, 0) is 11.3 Å². The summed E-state index contributed by atoms with van der Waals surface area (Å²) in [7, 11) is 0. The Morgan fingerprint density at radius 1 is 1.32 bits per heavy atom. The number of amides is 1. The highest BCUT2D eigenvalue weighted by Gasteiger charge is 2.46. The molecule has 1 amide bonds. The Morgan fingerprint density at radius 3 is 2.88 bits per heavy atom. The standard InChI is InChI=1S/C19H23FN4O/c1-12-6-13(2)24(22-12)11-18(25)23-10-15-8-21-9-17(15)19(23)14-4-3-5-16(20)7-14/h3-7,15,17,19,21H,8-11H2,1-2H3/t15-,17-,19+/m0/s1. The molecule has 0 saturated carbocycles. The molecule has 2 fully saturated rings. The Kier molecular flexibility index (Phi) is 4.07. The summed E-state index contributed by atoms with van der Waals surface area (Å²) < 4.78 is 15.5. The lowest BCUT2D eigenvalue weighted by atomic mass is 9.89. The Bertz CT molecular complexity index is 802. The molecule has 0 bridgehead atoms. The summed E-state index contributed by atoms with van der Waals surface area (Å²) in [5, 5.41) is 7.81. The number of benzene rings is 1. The molecule has 2 aliphatic heterocycles. The van der Waals surface area contributed by atoms with Gasteiger partial charge in [-0.1, -0.05) is 12.1 Å². The Labute approximate surface area is 146 Å². The molecule has 3 heterocycles. The lowest BCUT2D eigenvalue weighted by Gasteiger charge is -2.28. The van der Waals surface area contributed by atoms with Crippen LogP contribution in [0.15, 0.2) is 30.3 Å². The minimum absolute atomic E-state index is 0.0508. The zero-order valence-corrected chi connectivity index (χ0v) is 14.6. The van der Waals surface area contributed by atoms with Gasteiger partial charge in [0.25, 0.3) is 0 Å². The summed E-state index contributed by atoms with van der Waals surface area (Å²) in [4.78, 5) is 15.0. The van der Waals surface area contributed by atoms with Crippen LogP contribution in [0.5, 0.6) is 0 Å². The Morgan fingerprint density at radius 2 is 2.16 bits per heavy atom. The number of fused-ring (bicyclic) bond motifs is 1. The number of nitrogens with one attached hydrogen (secondary N) is 1. The molecule has 1 aromatic heterocycles. The van der Waals surface area contributed by atoms with Gasteiger partial charge in [0.1, 0.15) is 12.4 Å². The smallest absolute Gasteiger partial charge is 0.244 e. The normalized spacial score (nSPS) is 25.4. The first-order valence-corrected chi connectivity index (χ1v) is 8.79. The van der Waals surface area contributed by atoms with E-state index in [2.05, 4.69) is 10.4 Å². The first-order chi connectivity index (χ1) is 12.0. The number of hydrogen-bond acceptors (Lipinski definition) is 3. The van der Waals surface area contributed by atoms with Gasteiger partial charge in [-0.3, -0.25) is 9.48 Å². The van der Waals surface area contributed by atoms with E-state index in [9.17, 15) is 9.18 Å². The molecule has 6 heteroatoms. The van der Waals surface area contributed by atoms with Crippen LogP contribution in [0.4, 0.5) is 4.39 Å². The van der Waals surface area contributed by atoms with Crippen LogP contribution < -0.4 is 5.32 Å². The summed E-state index contributed by atoms with van der Waals surface area (Å²) in [6, 6.07) is 8.57. The lowest BCUT2D eigenvalue weighted by molar-refractivity contribution is -0.133. The largest absolute Gasteiger partial charge is 0.333 e. The number of aryl methyl sites for hydroxylation is 2. The highest BCUT2D eigenvalue weighted by molar-refractivity contribution is 5.77. The van der Waals surface area contributed by atoms with E-state index in [1.54, 1.807) is 16.8 Å². The molecule has 2 saturated heterocycles. The van der Waals surface area contributed by atoms with Gasteiger partial charge in [-0.2, -0.15) is 5.10 Å². The van der Waals surface area contributed by atoms with Crippen molar-refractivity contribution in [1.82, 2.24) is 20.0 Å².